The highest BCUT2D eigenvalue weighted by Crippen LogP contribution is 2.16. The molecule has 0 aliphatic rings. The molecule has 1 amide bonds. The highest BCUT2D eigenvalue weighted by Gasteiger charge is 2.10. The van der Waals surface area contributed by atoms with Gasteiger partial charge in [0.25, 0.3) is 5.91 Å². The SMILES string of the molecule is COC(=O)CCNC(=O)c1cccc2cc[nH]c12. The smallest absolute Gasteiger partial charge is 0.307 e. The number of nitrogens with one attached hydrogen (secondary N) is 2. The average Bonchev–Trinajstić information content (AvgIpc) is 2.86. The van der Waals surface area contributed by atoms with Crippen LogP contribution in [-0.4, -0.2) is 30.5 Å². The van der Waals surface area contributed by atoms with Crippen LogP contribution in [0.5, 0.6) is 0 Å². The number of amides is 1. The molecule has 0 aliphatic carbocycles. The van der Waals surface area contributed by atoms with Crippen molar-refractivity contribution in [2.75, 3.05) is 13.7 Å². The van der Waals surface area contributed by atoms with Gasteiger partial charge in [-0.05, 0) is 12.1 Å². The Labute approximate surface area is 104 Å². The van der Waals surface area contributed by atoms with Gasteiger partial charge >= 0.3 is 5.97 Å². The number of hydrogen-bond donors (Lipinski definition) is 2. The second-order valence-electron chi connectivity index (χ2n) is 3.83. The lowest BCUT2D eigenvalue weighted by Gasteiger charge is -2.05. The van der Waals surface area contributed by atoms with Crippen molar-refractivity contribution in [3.63, 3.8) is 0 Å². The van der Waals surface area contributed by atoms with E-state index in [4.69, 9.17) is 0 Å². The lowest BCUT2D eigenvalue weighted by Crippen LogP contribution is -2.26. The summed E-state index contributed by atoms with van der Waals surface area (Å²) in [5.74, 6) is -0.541. The highest BCUT2D eigenvalue weighted by molar-refractivity contribution is 6.05. The maximum atomic E-state index is 11.9. The minimum absolute atomic E-state index is 0.170. The summed E-state index contributed by atoms with van der Waals surface area (Å²) in [6.45, 7) is 0.266. The number of esters is 1. The van der Waals surface area contributed by atoms with E-state index in [2.05, 4.69) is 15.0 Å². The third-order valence-electron chi connectivity index (χ3n) is 2.67. The Morgan fingerprint density at radius 1 is 1.33 bits per heavy atom. The standard InChI is InChI=1S/C13H14N2O3/c1-18-11(16)6-8-15-13(17)10-4-2-3-9-5-7-14-12(9)10/h2-5,7,14H,6,8H2,1H3,(H,15,17). The zero-order valence-corrected chi connectivity index (χ0v) is 10.0. The van der Waals surface area contributed by atoms with Crippen molar-refractivity contribution in [3.8, 4) is 0 Å². The first-order valence-electron chi connectivity index (χ1n) is 5.63. The van der Waals surface area contributed by atoms with Crippen molar-refractivity contribution < 1.29 is 14.3 Å². The van der Waals surface area contributed by atoms with Gasteiger partial charge in [0.05, 0.1) is 24.6 Å². The van der Waals surface area contributed by atoms with Crippen molar-refractivity contribution in [1.82, 2.24) is 10.3 Å². The fraction of sp³-hybridized carbons (Fsp3) is 0.231. The van der Waals surface area contributed by atoms with Crippen LogP contribution in [0.1, 0.15) is 16.8 Å². The number of hydrogen-bond acceptors (Lipinski definition) is 3. The molecule has 94 valence electrons. The molecule has 1 heterocycles. The van der Waals surface area contributed by atoms with Gasteiger partial charge in [-0.25, -0.2) is 0 Å². The lowest BCUT2D eigenvalue weighted by molar-refractivity contribution is -0.140. The van der Waals surface area contributed by atoms with Crippen LogP contribution in [0.2, 0.25) is 0 Å². The number of carbonyl (C=O) groups excluding carboxylic acids is 2. The normalized spacial score (nSPS) is 10.3. The molecule has 0 saturated heterocycles. The van der Waals surface area contributed by atoms with Crippen molar-refractivity contribution in [3.05, 3.63) is 36.0 Å². The van der Waals surface area contributed by atoms with Crippen molar-refractivity contribution in [2.45, 2.75) is 6.42 Å². The van der Waals surface area contributed by atoms with E-state index in [0.29, 0.717) is 5.56 Å². The summed E-state index contributed by atoms with van der Waals surface area (Å²) in [4.78, 5) is 25.9. The maximum Gasteiger partial charge on any atom is 0.307 e. The summed E-state index contributed by atoms with van der Waals surface area (Å²) < 4.78 is 4.50. The molecule has 0 radical (unpaired) electrons. The lowest BCUT2D eigenvalue weighted by atomic mass is 10.1. The molecule has 0 unspecified atom stereocenters. The monoisotopic (exact) mass is 246 g/mol. The molecule has 2 N–H and O–H groups in total. The summed E-state index contributed by atoms with van der Waals surface area (Å²) >= 11 is 0. The molecule has 1 aromatic carbocycles. The second-order valence-corrected chi connectivity index (χ2v) is 3.83. The van der Waals surface area contributed by atoms with Crippen LogP contribution in [0, 0.1) is 0 Å². The van der Waals surface area contributed by atoms with Gasteiger partial charge < -0.3 is 15.0 Å². The molecular formula is C13H14N2O3. The third kappa shape index (κ3) is 2.51. The topological polar surface area (TPSA) is 71.2 Å². The van der Waals surface area contributed by atoms with Crippen LogP contribution in [-0.2, 0) is 9.53 Å². The molecule has 1 aromatic heterocycles. The summed E-state index contributed by atoms with van der Waals surface area (Å²) in [6.07, 6.45) is 1.96. The van der Waals surface area contributed by atoms with Crippen LogP contribution >= 0.6 is 0 Å². The van der Waals surface area contributed by atoms with Gasteiger partial charge in [-0.2, -0.15) is 0 Å². The van der Waals surface area contributed by atoms with Gasteiger partial charge in [0.2, 0.25) is 0 Å². The number of aromatic amines is 1. The molecule has 0 fully saturated rings. The summed E-state index contributed by atoms with van der Waals surface area (Å²) in [5, 5.41) is 3.67. The van der Waals surface area contributed by atoms with Crippen LogP contribution < -0.4 is 5.32 Å². The molecule has 0 spiro atoms. The molecule has 0 bridgehead atoms. The first kappa shape index (κ1) is 12.2. The first-order valence-corrected chi connectivity index (χ1v) is 5.63. The average molecular weight is 246 g/mol. The number of para-hydroxylation sites is 1. The number of methoxy groups -OCH3 is 1. The fourth-order valence-corrected chi connectivity index (χ4v) is 1.75. The zero-order valence-electron chi connectivity index (χ0n) is 10.0. The number of carbonyl (C=O) groups is 2. The second kappa shape index (κ2) is 5.35. The van der Waals surface area contributed by atoms with Crippen molar-refractivity contribution in [1.29, 1.82) is 0 Å². The number of H-pyrrole nitrogens is 1. The molecular weight excluding hydrogens is 232 g/mol. The highest BCUT2D eigenvalue weighted by atomic mass is 16.5. The molecule has 5 nitrogen and oxygen atoms in total. The summed E-state index contributed by atoms with van der Waals surface area (Å²) in [7, 11) is 1.32. The first-order chi connectivity index (χ1) is 8.72. The maximum absolute atomic E-state index is 11.9. The summed E-state index contributed by atoms with van der Waals surface area (Å²) in [6, 6.07) is 7.40. The van der Waals surface area contributed by atoms with E-state index in [9.17, 15) is 9.59 Å². The zero-order chi connectivity index (χ0) is 13.0. The van der Waals surface area contributed by atoms with Gasteiger partial charge in [0.1, 0.15) is 0 Å². The molecule has 5 heteroatoms. The van der Waals surface area contributed by atoms with Gasteiger partial charge in [-0.3, -0.25) is 9.59 Å². The Morgan fingerprint density at radius 3 is 2.94 bits per heavy atom. The van der Waals surface area contributed by atoms with E-state index in [1.54, 1.807) is 12.3 Å². The van der Waals surface area contributed by atoms with Gasteiger partial charge in [0, 0.05) is 18.1 Å². The Hall–Kier alpha value is -2.30. The van der Waals surface area contributed by atoms with Crippen LogP contribution in [0.25, 0.3) is 10.9 Å². The number of fused-ring (bicyclic) bond motifs is 1. The predicted molar refractivity (Wildman–Crippen MR) is 67.3 cm³/mol. The minimum atomic E-state index is -0.339. The Kier molecular flexibility index (Phi) is 3.62. The number of ether oxygens (including phenoxy) is 1. The Morgan fingerprint density at radius 2 is 2.17 bits per heavy atom. The van der Waals surface area contributed by atoms with E-state index >= 15 is 0 Å². The van der Waals surface area contributed by atoms with Crippen molar-refractivity contribution in [2.24, 2.45) is 0 Å². The number of benzene rings is 1. The van der Waals surface area contributed by atoms with E-state index in [1.807, 2.05) is 18.2 Å². The van der Waals surface area contributed by atoms with E-state index in [1.165, 1.54) is 7.11 Å². The van der Waals surface area contributed by atoms with Crippen LogP contribution in [0.3, 0.4) is 0 Å². The fourth-order valence-electron chi connectivity index (χ4n) is 1.75. The largest absolute Gasteiger partial charge is 0.469 e. The van der Waals surface area contributed by atoms with E-state index < -0.39 is 0 Å². The van der Waals surface area contributed by atoms with Gasteiger partial charge in [-0.15, -0.1) is 0 Å². The molecule has 2 aromatic rings. The molecule has 0 saturated carbocycles. The van der Waals surface area contributed by atoms with Crippen molar-refractivity contribution >= 4 is 22.8 Å². The molecule has 2 rings (SSSR count). The molecule has 0 aliphatic heterocycles. The molecule has 18 heavy (non-hydrogen) atoms. The minimum Gasteiger partial charge on any atom is -0.469 e. The summed E-state index contributed by atoms with van der Waals surface area (Å²) in [5.41, 5.74) is 1.37. The predicted octanol–water partition coefficient (Wildman–Crippen LogP) is 1.46. The third-order valence-corrected chi connectivity index (χ3v) is 2.67. The van der Waals surface area contributed by atoms with Crippen LogP contribution in [0.4, 0.5) is 0 Å². The van der Waals surface area contributed by atoms with Gasteiger partial charge in [0.15, 0.2) is 0 Å². The Balaban J connectivity index is 2.05. The molecule has 0 atom stereocenters. The number of rotatable bonds is 4. The van der Waals surface area contributed by atoms with Gasteiger partial charge in [-0.1, -0.05) is 12.1 Å². The quantitative estimate of drug-likeness (QED) is 0.802. The number of aromatic nitrogens is 1. The van der Waals surface area contributed by atoms with Crippen LogP contribution in [0.15, 0.2) is 30.5 Å². The Bertz CT molecular complexity index is 574. The van der Waals surface area contributed by atoms with E-state index in [-0.39, 0.29) is 24.8 Å². The van der Waals surface area contributed by atoms with E-state index in [0.717, 1.165) is 10.9 Å².